The third-order valence-electron chi connectivity index (χ3n) is 3.33. The molecule has 0 amide bonds. The van der Waals surface area contributed by atoms with Gasteiger partial charge in [0.05, 0.1) is 0 Å². The highest BCUT2D eigenvalue weighted by molar-refractivity contribution is 5.97. The topological polar surface area (TPSA) is 17.1 Å². The van der Waals surface area contributed by atoms with Crippen molar-refractivity contribution in [2.24, 2.45) is 5.92 Å². The van der Waals surface area contributed by atoms with Crippen molar-refractivity contribution in [3.05, 3.63) is 35.4 Å². The zero-order valence-electron chi connectivity index (χ0n) is 12.0. The first-order valence-corrected chi connectivity index (χ1v) is 7.28. The summed E-state index contributed by atoms with van der Waals surface area (Å²) in [4.78, 5) is 11.8. The van der Waals surface area contributed by atoms with Gasteiger partial charge in [-0.25, -0.2) is 0 Å². The zero-order chi connectivity index (χ0) is 13.4. The summed E-state index contributed by atoms with van der Waals surface area (Å²) in [5, 5.41) is 0. The van der Waals surface area contributed by atoms with E-state index in [2.05, 4.69) is 19.1 Å². The van der Waals surface area contributed by atoms with Crippen LogP contribution < -0.4 is 0 Å². The molecule has 0 radical (unpaired) electrons. The highest BCUT2D eigenvalue weighted by Crippen LogP contribution is 2.13. The Bertz CT molecular complexity index is 348. The number of hydrogen-bond donors (Lipinski definition) is 0. The summed E-state index contributed by atoms with van der Waals surface area (Å²) < 4.78 is 0. The molecule has 1 nitrogen and oxygen atoms in total. The van der Waals surface area contributed by atoms with Crippen LogP contribution in [0.4, 0.5) is 0 Å². The van der Waals surface area contributed by atoms with Crippen LogP contribution in [0.25, 0.3) is 0 Å². The van der Waals surface area contributed by atoms with Gasteiger partial charge in [-0.15, -0.1) is 0 Å². The fourth-order valence-corrected chi connectivity index (χ4v) is 2.10. The maximum atomic E-state index is 11.8. The summed E-state index contributed by atoms with van der Waals surface area (Å²) in [5.41, 5.74) is 2.20. The number of ketones is 1. The van der Waals surface area contributed by atoms with Gasteiger partial charge in [-0.3, -0.25) is 4.79 Å². The van der Waals surface area contributed by atoms with Crippen molar-refractivity contribution in [3.63, 3.8) is 0 Å². The van der Waals surface area contributed by atoms with Gasteiger partial charge in [0, 0.05) is 11.5 Å². The van der Waals surface area contributed by atoms with Crippen molar-refractivity contribution in [2.75, 3.05) is 0 Å². The third kappa shape index (κ3) is 5.03. The number of carbonyl (C=O) groups excluding carboxylic acids is 1. The van der Waals surface area contributed by atoms with E-state index < -0.39 is 0 Å². The first-order chi connectivity index (χ1) is 8.65. The first kappa shape index (κ1) is 14.9. The van der Waals surface area contributed by atoms with E-state index in [9.17, 15) is 4.79 Å². The number of rotatable bonds is 8. The van der Waals surface area contributed by atoms with Crippen LogP contribution in [-0.4, -0.2) is 5.78 Å². The number of unbranched alkanes of at least 4 members (excludes halogenated alkanes) is 4. The van der Waals surface area contributed by atoms with E-state index in [0.29, 0.717) is 0 Å². The van der Waals surface area contributed by atoms with Crippen molar-refractivity contribution >= 4 is 5.78 Å². The van der Waals surface area contributed by atoms with Crippen molar-refractivity contribution in [1.29, 1.82) is 0 Å². The maximum Gasteiger partial charge on any atom is 0.165 e. The molecule has 0 atom stereocenters. The van der Waals surface area contributed by atoms with Crippen molar-refractivity contribution in [1.82, 2.24) is 0 Å². The Morgan fingerprint density at radius 2 is 1.61 bits per heavy atom. The molecule has 1 heteroatoms. The molecule has 1 rings (SSSR count). The van der Waals surface area contributed by atoms with E-state index >= 15 is 0 Å². The third-order valence-corrected chi connectivity index (χ3v) is 3.33. The number of Topliss-reactive ketones (excluding diaryl/α,β-unsaturated/α-hetero) is 1. The lowest BCUT2D eigenvalue weighted by atomic mass is 9.98. The number of hydrogen-bond acceptors (Lipinski definition) is 1. The SMILES string of the molecule is CCCCCCCc1ccc(C(=O)C(C)C)cc1. The highest BCUT2D eigenvalue weighted by atomic mass is 16.1. The minimum Gasteiger partial charge on any atom is -0.294 e. The van der Waals surface area contributed by atoms with Crippen LogP contribution in [0.5, 0.6) is 0 Å². The Morgan fingerprint density at radius 1 is 1.00 bits per heavy atom. The molecule has 0 saturated heterocycles. The molecule has 18 heavy (non-hydrogen) atoms. The number of aryl methyl sites for hydroxylation is 1. The molecule has 1 aromatic rings. The van der Waals surface area contributed by atoms with Gasteiger partial charge in [-0.05, 0) is 18.4 Å². The zero-order valence-corrected chi connectivity index (χ0v) is 12.0. The normalized spacial score (nSPS) is 10.9. The summed E-state index contributed by atoms with van der Waals surface area (Å²) >= 11 is 0. The van der Waals surface area contributed by atoms with Crippen molar-refractivity contribution < 1.29 is 4.79 Å². The predicted octanol–water partition coefficient (Wildman–Crippen LogP) is 5.04. The van der Waals surface area contributed by atoms with Crippen LogP contribution in [-0.2, 0) is 6.42 Å². The van der Waals surface area contributed by atoms with Crippen LogP contribution in [0.2, 0.25) is 0 Å². The van der Waals surface area contributed by atoms with Crippen molar-refractivity contribution in [3.8, 4) is 0 Å². The van der Waals surface area contributed by atoms with E-state index in [1.54, 1.807) is 0 Å². The lowest BCUT2D eigenvalue weighted by Crippen LogP contribution is -2.07. The van der Waals surface area contributed by atoms with Gasteiger partial charge in [-0.1, -0.05) is 70.7 Å². The fraction of sp³-hybridized carbons (Fsp3) is 0.588. The van der Waals surface area contributed by atoms with E-state index in [1.807, 2.05) is 26.0 Å². The van der Waals surface area contributed by atoms with Gasteiger partial charge in [0.1, 0.15) is 0 Å². The average Bonchev–Trinajstić information content (AvgIpc) is 2.38. The molecule has 0 bridgehead atoms. The monoisotopic (exact) mass is 246 g/mol. The van der Waals surface area contributed by atoms with Crippen LogP contribution in [0.3, 0.4) is 0 Å². The standard InChI is InChI=1S/C17H26O/c1-4-5-6-7-8-9-15-10-12-16(13-11-15)17(18)14(2)3/h10-14H,4-9H2,1-3H3. The lowest BCUT2D eigenvalue weighted by Gasteiger charge is -2.06. The van der Waals surface area contributed by atoms with Crippen LogP contribution in [0, 0.1) is 5.92 Å². The molecule has 0 fully saturated rings. The molecule has 0 unspecified atom stereocenters. The van der Waals surface area contributed by atoms with Gasteiger partial charge >= 0.3 is 0 Å². The van der Waals surface area contributed by atoms with E-state index in [1.165, 1.54) is 37.7 Å². The molecule has 0 aliphatic carbocycles. The number of benzene rings is 1. The van der Waals surface area contributed by atoms with Crippen LogP contribution in [0.15, 0.2) is 24.3 Å². The van der Waals surface area contributed by atoms with E-state index in [-0.39, 0.29) is 11.7 Å². The molecular formula is C17H26O. The Hall–Kier alpha value is -1.11. The second kappa shape index (κ2) is 8.07. The van der Waals surface area contributed by atoms with E-state index in [4.69, 9.17) is 0 Å². The van der Waals surface area contributed by atoms with Crippen LogP contribution in [0.1, 0.15) is 68.8 Å². The first-order valence-electron chi connectivity index (χ1n) is 7.28. The number of carbonyl (C=O) groups is 1. The Balaban J connectivity index is 2.38. The van der Waals surface area contributed by atoms with Gasteiger partial charge < -0.3 is 0 Å². The molecule has 0 heterocycles. The average molecular weight is 246 g/mol. The van der Waals surface area contributed by atoms with Gasteiger partial charge in [-0.2, -0.15) is 0 Å². The maximum absolute atomic E-state index is 11.8. The fourth-order valence-electron chi connectivity index (χ4n) is 2.10. The summed E-state index contributed by atoms with van der Waals surface area (Å²) in [7, 11) is 0. The van der Waals surface area contributed by atoms with Crippen molar-refractivity contribution in [2.45, 2.75) is 59.3 Å². The summed E-state index contributed by atoms with van der Waals surface area (Å²) in [5.74, 6) is 0.328. The molecule has 0 aliphatic heterocycles. The molecule has 0 aromatic heterocycles. The quantitative estimate of drug-likeness (QED) is 0.464. The minimum absolute atomic E-state index is 0.0879. The Labute approximate surface area is 112 Å². The molecule has 0 spiro atoms. The van der Waals surface area contributed by atoms with Gasteiger partial charge in [0.15, 0.2) is 5.78 Å². The summed E-state index contributed by atoms with van der Waals surface area (Å²) in [6.07, 6.45) is 7.71. The second-order valence-electron chi connectivity index (χ2n) is 5.38. The van der Waals surface area contributed by atoms with Gasteiger partial charge in [0.2, 0.25) is 0 Å². The molecule has 1 aromatic carbocycles. The second-order valence-corrected chi connectivity index (χ2v) is 5.38. The summed E-state index contributed by atoms with van der Waals surface area (Å²) in [6, 6.07) is 8.16. The highest BCUT2D eigenvalue weighted by Gasteiger charge is 2.09. The largest absolute Gasteiger partial charge is 0.294 e. The lowest BCUT2D eigenvalue weighted by molar-refractivity contribution is 0.0939. The van der Waals surface area contributed by atoms with E-state index in [0.717, 1.165) is 12.0 Å². The molecular weight excluding hydrogens is 220 g/mol. The molecule has 0 N–H and O–H groups in total. The molecule has 0 aliphatic rings. The van der Waals surface area contributed by atoms with Gasteiger partial charge in [0.25, 0.3) is 0 Å². The molecule has 0 saturated carbocycles. The smallest absolute Gasteiger partial charge is 0.165 e. The molecule has 100 valence electrons. The minimum atomic E-state index is 0.0879. The Morgan fingerprint density at radius 3 is 2.17 bits per heavy atom. The summed E-state index contributed by atoms with van der Waals surface area (Å²) in [6.45, 7) is 6.14. The Kier molecular flexibility index (Phi) is 6.70. The predicted molar refractivity (Wildman–Crippen MR) is 78.1 cm³/mol. The van der Waals surface area contributed by atoms with Crippen LogP contribution >= 0.6 is 0 Å².